The Hall–Kier alpha value is -2.41. The summed E-state index contributed by atoms with van der Waals surface area (Å²) in [4.78, 5) is 19.4. The van der Waals surface area contributed by atoms with E-state index in [0.29, 0.717) is 11.4 Å². The number of benzene rings is 1. The number of carbonyl (C=O) groups excluding carboxylic acids is 1. The van der Waals surface area contributed by atoms with Crippen molar-refractivity contribution in [3.63, 3.8) is 0 Å². The summed E-state index contributed by atoms with van der Waals surface area (Å²) in [6.07, 6.45) is 2.78. The van der Waals surface area contributed by atoms with Crippen molar-refractivity contribution in [2.24, 2.45) is 0 Å². The van der Waals surface area contributed by atoms with Crippen LogP contribution in [0.5, 0.6) is 6.01 Å². The lowest BCUT2D eigenvalue weighted by Gasteiger charge is -2.07. The first-order chi connectivity index (χ1) is 9.58. The number of methoxy groups -OCH3 is 1. The largest absolute Gasteiger partial charge is 0.467 e. The second kappa shape index (κ2) is 6.16. The quantitative estimate of drug-likeness (QED) is 0.913. The summed E-state index contributed by atoms with van der Waals surface area (Å²) in [5.41, 5.74) is 0.750. The van der Waals surface area contributed by atoms with E-state index in [1.165, 1.54) is 31.6 Å². The van der Waals surface area contributed by atoms with Crippen molar-refractivity contribution in [2.45, 2.75) is 0 Å². The zero-order chi connectivity index (χ0) is 14.5. The molecule has 104 valence electrons. The standard InChI is InChI=1S/C12H10ClFN4O2/c1-20-12-15-5-8(6-16-12)18-11(19)17-7-2-3-10(14)9(13)4-7/h2-6H,1H3,(H2,17,18,19). The van der Waals surface area contributed by atoms with Crippen molar-refractivity contribution in [1.82, 2.24) is 9.97 Å². The van der Waals surface area contributed by atoms with Crippen molar-refractivity contribution in [1.29, 1.82) is 0 Å². The molecule has 1 aromatic carbocycles. The number of urea groups is 1. The second-order valence-corrected chi connectivity index (χ2v) is 4.07. The predicted molar refractivity (Wildman–Crippen MR) is 72.6 cm³/mol. The molecule has 2 aromatic rings. The molecule has 0 fully saturated rings. The molecule has 0 unspecified atom stereocenters. The van der Waals surface area contributed by atoms with Crippen LogP contribution in [-0.4, -0.2) is 23.1 Å². The van der Waals surface area contributed by atoms with Crippen molar-refractivity contribution >= 4 is 29.0 Å². The van der Waals surface area contributed by atoms with E-state index in [-0.39, 0.29) is 11.0 Å². The van der Waals surface area contributed by atoms with Crippen LogP contribution >= 0.6 is 11.6 Å². The molecule has 0 radical (unpaired) electrons. The molecule has 2 N–H and O–H groups in total. The number of aromatic nitrogens is 2. The average Bonchev–Trinajstić information content (AvgIpc) is 2.44. The van der Waals surface area contributed by atoms with E-state index in [1.54, 1.807) is 0 Å². The summed E-state index contributed by atoms with van der Waals surface area (Å²) < 4.78 is 17.8. The number of anilines is 2. The van der Waals surface area contributed by atoms with Gasteiger partial charge >= 0.3 is 12.0 Å². The zero-order valence-electron chi connectivity index (χ0n) is 10.4. The first kappa shape index (κ1) is 14.0. The number of ether oxygens (including phenoxy) is 1. The minimum atomic E-state index is -0.554. The molecule has 1 heterocycles. The van der Waals surface area contributed by atoms with Crippen LogP contribution in [0.2, 0.25) is 5.02 Å². The highest BCUT2D eigenvalue weighted by Crippen LogP contribution is 2.19. The van der Waals surface area contributed by atoms with Gasteiger partial charge in [0.2, 0.25) is 0 Å². The van der Waals surface area contributed by atoms with Crippen molar-refractivity contribution < 1.29 is 13.9 Å². The molecule has 0 aliphatic rings. The Bertz CT molecular complexity index is 621. The summed E-state index contributed by atoms with van der Waals surface area (Å²) in [6.45, 7) is 0. The normalized spacial score (nSPS) is 9.95. The van der Waals surface area contributed by atoms with Gasteiger partial charge in [-0.15, -0.1) is 0 Å². The van der Waals surface area contributed by atoms with Gasteiger partial charge in [0, 0.05) is 5.69 Å². The second-order valence-electron chi connectivity index (χ2n) is 3.67. The van der Waals surface area contributed by atoms with Crippen LogP contribution in [0.15, 0.2) is 30.6 Å². The Balaban J connectivity index is 1.99. The van der Waals surface area contributed by atoms with Crippen LogP contribution < -0.4 is 15.4 Å². The SMILES string of the molecule is COc1ncc(NC(=O)Nc2ccc(F)c(Cl)c2)cn1. The number of hydrogen-bond donors (Lipinski definition) is 2. The molecule has 20 heavy (non-hydrogen) atoms. The summed E-state index contributed by atoms with van der Waals surface area (Å²) in [7, 11) is 1.44. The summed E-state index contributed by atoms with van der Waals surface area (Å²) in [6, 6.07) is 3.53. The van der Waals surface area contributed by atoms with Gasteiger partial charge in [-0.25, -0.2) is 19.2 Å². The van der Waals surface area contributed by atoms with Crippen LogP contribution in [0.3, 0.4) is 0 Å². The highest BCUT2D eigenvalue weighted by molar-refractivity contribution is 6.31. The lowest BCUT2D eigenvalue weighted by atomic mass is 10.3. The number of carbonyl (C=O) groups is 1. The van der Waals surface area contributed by atoms with Crippen LogP contribution in [0.1, 0.15) is 0 Å². The van der Waals surface area contributed by atoms with E-state index >= 15 is 0 Å². The zero-order valence-corrected chi connectivity index (χ0v) is 11.1. The van der Waals surface area contributed by atoms with Gasteiger partial charge in [-0.1, -0.05) is 11.6 Å². The smallest absolute Gasteiger partial charge is 0.323 e. The van der Waals surface area contributed by atoms with Gasteiger partial charge in [0.1, 0.15) is 5.82 Å². The monoisotopic (exact) mass is 296 g/mol. The maximum Gasteiger partial charge on any atom is 0.323 e. The van der Waals surface area contributed by atoms with E-state index in [1.807, 2.05) is 0 Å². The highest BCUT2D eigenvalue weighted by atomic mass is 35.5. The third kappa shape index (κ3) is 3.55. The summed E-state index contributed by atoms with van der Waals surface area (Å²) in [5.74, 6) is -0.554. The van der Waals surface area contributed by atoms with Gasteiger partial charge < -0.3 is 15.4 Å². The van der Waals surface area contributed by atoms with Gasteiger partial charge in [-0.05, 0) is 18.2 Å². The Kier molecular flexibility index (Phi) is 4.31. The Morgan fingerprint density at radius 3 is 2.50 bits per heavy atom. The van der Waals surface area contributed by atoms with Crippen molar-refractivity contribution in [3.05, 3.63) is 41.4 Å². The first-order valence-electron chi connectivity index (χ1n) is 5.47. The lowest BCUT2D eigenvalue weighted by Crippen LogP contribution is -2.19. The maximum absolute atomic E-state index is 13.0. The Morgan fingerprint density at radius 1 is 1.25 bits per heavy atom. The first-order valence-corrected chi connectivity index (χ1v) is 5.85. The van der Waals surface area contributed by atoms with Gasteiger partial charge in [0.15, 0.2) is 0 Å². The van der Waals surface area contributed by atoms with Crippen LogP contribution in [0.4, 0.5) is 20.6 Å². The van der Waals surface area contributed by atoms with Crippen molar-refractivity contribution in [3.8, 4) is 6.01 Å². The van der Waals surface area contributed by atoms with Gasteiger partial charge in [0.05, 0.1) is 30.2 Å². The fourth-order valence-electron chi connectivity index (χ4n) is 1.35. The molecular weight excluding hydrogens is 287 g/mol. The molecule has 0 aliphatic carbocycles. The number of halogens is 2. The average molecular weight is 297 g/mol. The molecule has 2 amide bonds. The number of amides is 2. The van der Waals surface area contributed by atoms with Crippen LogP contribution in [0, 0.1) is 5.82 Å². The van der Waals surface area contributed by atoms with E-state index < -0.39 is 11.8 Å². The van der Waals surface area contributed by atoms with Crippen LogP contribution in [-0.2, 0) is 0 Å². The molecule has 0 spiro atoms. The molecule has 0 saturated carbocycles. The molecule has 8 heteroatoms. The molecular formula is C12H10ClFN4O2. The third-order valence-corrected chi connectivity index (χ3v) is 2.54. The summed E-state index contributed by atoms with van der Waals surface area (Å²) >= 11 is 5.61. The maximum atomic E-state index is 13.0. The molecule has 0 saturated heterocycles. The summed E-state index contributed by atoms with van der Waals surface area (Å²) in [5, 5.41) is 4.93. The van der Waals surface area contributed by atoms with Crippen molar-refractivity contribution in [2.75, 3.05) is 17.7 Å². The molecule has 6 nitrogen and oxygen atoms in total. The van der Waals surface area contributed by atoms with Gasteiger partial charge in [-0.2, -0.15) is 0 Å². The third-order valence-electron chi connectivity index (χ3n) is 2.25. The minimum absolute atomic E-state index is 0.0735. The van der Waals surface area contributed by atoms with E-state index in [4.69, 9.17) is 16.3 Å². The number of nitrogens with one attached hydrogen (secondary N) is 2. The predicted octanol–water partition coefficient (Wildman–Crippen LogP) is 2.92. The lowest BCUT2D eigenvalue weighted by molar-refractivity contribution is 0.262. The molecule has 1 aromatic heterocycles. The van der Waals surface area contributed by atoms with Gasteiger partial charge in [-0.3, -0.25) is 0 Å². The highest BCUT2D eigenvalue weighted by Gasteiger charge is 2.06. The number of nitrogens with zero attached hydrogens (tertiary/aromatic N) is 2. The van der Waals surface area contributed by atoms with E-state index in [9.17, 15) is 9.18 Å². The number of rotatable bonds is 3. The van der Waals surface area contributed by atoms with E-state index in [2.05, 4.69) is 20.6 Å². The molecule has 0 bridgehead atoms. The molecule has 2 rings (SSSR count). The molecule has 0 aliphatic heterocycles. The van der Waals surface area contributed by atoms with Gasteiger partial charge in [0.25, 0.3) is 0 Å². The van der Waals surface area contributed by atoms with E-state index in [0.717, 1.165) is 6.07 Å². The fraction of sp³-hybridized carbons (Fsp3) is 0.0833. The Labute approximate surface area is 119 Å². The fourth-order valence-corrected chi connectivity index (χ4v) is 1.53. The molecule has 0 atom stereocenters. The van der Waals surface area contributed by atoms with Crippen LogP contribution in [0.25, 0.3) is 0 Å². The number of hydrogen-bond acceptors (Lipinski definition) is 4. The Morgan fingerprint density at radius 2 is 1.90 bits per heavy atom. The topological polar surface area (TPSA) is 76.1 Å². The minimum Gasteiger partial charge on any atom is -0.467 e.